The van der Waals surface area contributed by atoms with E-state index in [4.69, 9.17) is 4.43 Å². The van der Waals surface area contributed by atoms with Gasteiger partial charge in [-0.3, -0.25) is 0 Å². The van der Waals surface area contributed by atoms with E-state index in [1.165, 1.54) is 5.56 Å². The molecule has 0 spiro atoms. The normalized spacial score (nSPS) is 22.6. The Bertz CT molecular complexity index is 522. The molecule has 4 heteroatoms. The molecule has 136 valence electrons. The van der Waals surface area contributed by atoms with Crippen molar-refractivity contribution in [2.75, 3.05) is 11.9 Å². The monoisotopic (exact) mass is 349 g/mol. The van der Waals surface area contributed by atoms with Crippen LogP contribution in [0, 0.1) is 0 Å². The standard InChI is InChI=1S/C20H35NO2Si/c1-13(2)24(14(3)4,15(5)6)23-16(7)20-17-10-8-9-11-18(17)21-12-19(20)22/h8-11,13-16,19-22H,12H2,1-7H3/t16-,19+,20+/m0/s1. The second kappa shape index (κ2) is 7.59. The number of benzene rings is 1. The summed E-state index contributed by atoms with van der Waals surface area (Å²) in [5.41, 5.74) is 3.97. The zero-order valence-corrected chi connectivity index (χ0v) is 17.3. The highest BCUT2D eigenvalue weighted by Gasteiger charge is 2.48. The number of fused-ring (bicyclic) bond motifs is 1. The minimum Gasteiger partial charge on any atom is -0.413 e. The largest absolute Gasteiger partial charge is 0.413 e. The van der Waals surface area contributed by atoms with Gasteiger partial charge in [-0.1, -0.05) is 59.7 Å². The fraction of sp³-hybridized carbons (Fsp3) is 0.700. The number of para-hydroxylation sites is 1. The summed E-state index contributed by atoms with van der Waals surface area (Å²) in [6, 6.07) is 8.31. The van der Waals surface area contributed by atoms with Crippen LogP contribution in [0.5, 0.6) is 0 Å². The Kier molecular flexibility index (Phi) is 6.16. The molecule has 3 atom stereocenters. The first-order valence-corrected chi connectivity index (χ1v) is 11.5. The number of hydrogen-bond acceptors (Lipinski definition) is 3. The van der Waals surface area contributed by atoms with Gasteiger partial charge in [-0.2, -0.15) is 0 Å². The predicted molar refractivity (Wildman–Crippen MR) is 105 cm³/mol. The summed E-state index contributed by atoms with van der Waals surface area (Å²) >= 11 is 0. The summed E-state index contributed by atoms with van der Waals surface area (Å²) in [6.07, 6.45) is -0.393. The van der Waals surface area contributed by atoms with E-state index in [0.717, 1.165) is 5.69 Å². The second-order valence-electron chi connectivity index (χ2n) is 8.20. The molecule has 3 nitrogen and oxygen atoms in total. The van der Waals surface area contributed by atoms with Crippen molar-refractivity contribution >= 4 is 14.0 Å². The molecule has 1 aliphatic heterocycles. The van der Waals surface area contributed by atoms with Gasteiger partial charge in [-0.25, -0.2) is 0 Å². The first-order valence-electron chi connectivity index (χ1n) is 9.40. The minimum absolute atomic E-state index is 0.0158. The minimum atomic E-state index is -1.96. The van der Waals surface area contributed by atoms with E-state index >= 15 is 0 Å². The van der Waals surface area contributed by atoms with Crippen LogP contribution in [0.1, 0.15) is 59.9 Å². The Morgan fingerprint density at radius 2 is 1.54 bits per heavy atom. The SMILES string of the molecule is CC(C)[Si](O[C@@H](C)[C@@H]1c2ccccc2NC[C@H]1O)(C(C)C)C(C)C. The molecule has 2 rings (SSSR count). The Morgan fingerprint density at radius 3 is 2.08 bits per heavy atom. The number of nitrogens with one attached hydrogen (secondary N) is 1. The van der Waals surface area contributed by atoms with Crippen LogP contribution in [0.3, 0.4) is 0 Å². The third-order valence-corrected chi connectivity index (χ3v) is 12.0. The first-order chi connectivity index (χ1) is 11.2. The molecule has 0 unspecified atom stereocenters. The van der Waals surface area contributed by atoms with Gasteiger partial charge in [0.1, 0.15) is 0 Å². The molecule has 0 bridgehead atoms. The maximum atomic E-state index is 10.7. The summed E-state index contributed by atoms with van der Waals surface area (Å²) in [7, 11) is -1.96. The van der Waals surface area contributed by atoms with Gasteiger partial charge in [0.25, 0.3) is 0 Å². The lowest BCUT2D eigenvalue weighted by atomic mass is 9.85. The van der Waals surface area contributed by atoms with Gasteiger partial charge in [0, 0.05) is 18.2 Å². The maximum absolute atomic E-state index is 10.7. The number of aliphatic hydroxyl groups is 1. The van der Waals surface area contributed by atoms with Crippen LogP contribution in [-0.4, -0.2) is 32.2 Å². The fourth-order valence-electron chi connectivity index (χ4n) is 4.87. The van der Waals surface area contributed by atoms with Crippen molar-refractivity contribution in [3.63, 3.8) is 0 Å². The van der Waals surface area contributed by atoms with E-state index < -0.39 is 14.4 Å². The molecular weight excluding hydrogens is 314 g/mol. The van der Waals surface area contributed by atoms with Crippen LogP contribution in [0.4, 0.5) is 5.69 Å². The highest BCUT2D eigenvalue weighted by molar-refractivity contribution is 6.77. The van der Waals surface area contributed by atoms with Crippen molar-refractivity contribution in [1.82, 2.24) is 0 Å². The van der Waals surface area contributed by atoms with Gasteiger partial charge < -0.3 is 14.8 Å². The van der Waals surface area contributed by atoms with E-state index in [9.17, 15) is 5.11 Å². The van der Waals surface area contributed by atoms with Gasteiger partial charge in [0.15, 0.2) is 0 Å². The van der Waals surface area contributed by atoms with Crippen LogP contribution in [0.25, 0.3) is 0 Å². The number of aliphatic hydroxyl groups excluding tert-OH is 1. The summed E-state index contributed by atoms with van der Waals surface area (Å²) in [6.45, 7) is 16.6. The highest BCUT2D eigenvalue weighted by atomic mass is 28.4. The van der Waals surface area contributed by atoms with Crippen LogP contribution < -0.4 is 5.32 Å². The topological polar surface area (TPSA) is 41.5 Å². The van der Waals surface area contributed by atoms with E-state index in [0.29, 0.717) is 23.2 Å². The second-order valence-corrected chi connectivity index (χ2v) is 13.6. The quantitative estimate of drug-likeness (QED) is 0.699. The van der Waals surface area contributed by atoms with Crippen molar-refractivity contribution in [1.29, 1.82) is 0 Å². The van der Waals surface area contributed by atoms with Crippen molar-refractivity contribution in [2.24, 2.45) is 0 Å². The zero-order valence-electron chi connectivity index (χ0n) is 16.3. The van der Waals surface area contributed by atoms with Gasteiger partial charge in [0.05, 0.1) is 12.2 Å². The van der Waals surface area contributed by atoms with Gasteiger partial charge >= 0.3 is 0 Å². The highest BCUT2D eigenvalue weighted by Crippen LogP contribution is 2.45. The molecule has 0 aliphatic carbocycles. The summed E-state index contributed by atoms with van der Waals surface area (Å²) < 4.78 is 6.94. The Morgan fingerprint density at radius 1 is 1.00 bits per heavy atom. The van der Waals surface area contributed by atoms with Crippen molar-refractivity contribution in [3.8, 4) is 0 Å². The third-order valence-electron chi connectivity index (χ3n) is 5.84. The third kappa shape index (κ3) is 3.42. The lowest BCUT2D eigenvalue weighted by Crippen LogP contribution is -2.52. The summed E-state index contributed by atoms with van der Waals surface area (Å²) in [5, 5.41) is 14.0. The molecular formula is C20H35NO2Si. The van der Waals surface area contributed by atoms with Gasteiger partial charge in [0.2, 0.25) is 8.32 Å². The molecule has 0 saturated heterocycles. The van der Waals surface area contributed by atoms with E-state index in [1.54, 1.807) is 0 Å². The Hall–Kier alpha value is -0.843. The molecule has 1 heterocycles. The summed E-state index contributed by atoms with van der Waals surface area (Å²) in [5.74, 6) is 0.0329. The zero-order chi connectivity index (χ0) is 18.1. The average molecular weight is 350 g/mol. The molecule has 0 radical (unpaired) electrons. The molecule has 0 amide bonds. The molecule has 0 fully saturated rings. The van der Waals surface area contributed by atoms with Crippen LogP contribution in [-0.2, 0) is 4.43 Å². The van der Waals surface area contributed by atoms with Crippen LogP contribution >= 0.6 is 0 Å². The van der Waals surface area contributed by atoms with Crippen molar-refractivity contribution in [3.05, 3.63) is 29.8 Å². The lowest BCUT2D eigenvalue weighted by Gasteiger charge is -2.46. The molecule has 0 aromatic heterocycles. The van der Waals surface area contributed by atoms with Gasteiger partial charge in [-0.05, 0) is 35.2 Å². The molecule has 1 aromatic carbocycles. The Balaban J connectivity index is 2.35. The average Bonchev–Trinajstić information content (AvgIpc) is 2.51. The van der Waals surface area contributed by atoms with Crippen molar-refractivity contribution in [2.45, 2.75) is 83.2 Å². The number of hydrogen-bond donors (Lipinski definition) is 2. The molecule has 24 heavy (non-hydrogen) atoms. The first kappa shape index (κ1) is 19.5. The van der Waals surface area contributed by atoms with Crippen LogP contribution in [0.2, 0.25) is 16.6 Å². The fourth-order valence-corrected chi connectivity index (χ4v) is 10.5. The molecule has 1 aromatic rings. The van der Waals surface area contributed by atoms with Crippen LogP contribution in [0.15, 0.2) is 24.3 Å². The lowest BCUT2D eigenvalue weighted by molar-refractivity contribution is 0.0697. The van der Waals surface area contributed by atoms with Gasteiger partial charge in [-0.15, -0.1) is 0 Å². The molecule has 1 aliphatic rings. The predicted octanol–water partition coefficient (Wildman–Crippen LogP) is 5.14. The number of rotatable bonds is 6. The Labute approximate surface area is 148 Å². The van der Waals surface area contributed by atoms with Crippen molar-refractivity contribution < 1.29 is 9.53 Å². The number of β-amino-alcohol motifs (C(OH)–C–C–N with tert-alkyl or cyclic N) is 1. The summed E-state index contributed by atoms with van der Waals surface area (Å²) in [4.78, 5) is 0. The smallest absolute Gasteiger partial charge is 0.200 e. The van der Waals surface area contributed by atoms with E-state index in [1.807, 2.05) is 6.07 Å². The molecule has 2 N–H and O–H groups in total. The van der Waals surface area contributed by atoms with E-state index in [-0.39, 0.29) is 12.0 Å². The maximum Gasteiger partial charge on any atom is 0.200 e. The number of anilines is 1. The molecule has 0 saturated carbocycles. The van der Waals surface area contributed by atoms with E-state index in [2.05, 4.69) is 72.0 Å².